The molecule has 0 aromatic carbocycles. The van der Waals surface area contributed by atoms with Crippen LogP contribution in [0.4, 0.5) is 11.9 Å². The van der Waals surface area contributed by atoms with E-state index in [1.54, 1.807) is 0 Å². The second kappa shape index (κ2) is 6.01. The van der Waals surface area contributed by atoms with Gasteiger partial charge in [-0.15, -0.1) is 0 Å². The molecular weight excluding hydrogens is 244 g/mol. The lowest BCUT2D eigenvalue weighted by Crippen LogP contribution is -2.51. The number of nitrogen functional groups attached to an aromatic ring is 1. The number of aromatic nitrogens is 3. The van der Waals surface area contributed by atoms with E-state index < -0.39 is 0 Å². The molecule has 1 saturated heterocycles. The zero-order chi connectivity index (χ0) is 13.8. The van der Waals surface area contributed by atoms with Gasteiger partial charge in [0.25, 0.3) is 0 Å². The van der Waals surface area contributed by atoms with Crippen molar-refractivity contribution < 1.29 is 4.74 Å². The number of nitrogens with zero attached hydrogens (tertiary/aromatic N) is 5. The molecule has 1 atom stereocenters. The fraction of sp³-hybridized carbons (Fsp3) is 0.750. The molecule has 1 aliphatic rings. The highest BCUT2D eigenvalue weighted by Crippen LogP contribution is 2.18. The maximum absolute atomic E-state index is 5.73. The summed E-state index contributed by atoms with van der Waals surface area (Å²) >= 11 is 0. The second-order valence-electron chi connectivity index (χ2n) is 4.93. The first kappa shape index (κ1) is 13.8. The molecule has 1 aromatic rings. The Morgan fingerprint density at radius 1 is 1.32 bits per heavy atom. The van der Waals surface area contributed by atoms with E-state index in [1.165, 1.54) is 0 Å². The van der Waals surface area contributed by atoms with Crippen LogP contribution in [0.15, 0.2) is 0 Å². The maximum atomic E-state index is 5.73. The molecule has 2 N–H and O–H groups in total. The van der Waals surface area contributed by atoms with Gasteiger partial charge in [-0.2, -0.15) is 15.0 Å². The Morgan fingerprint density at radius 3 is 2.79 bits per heavy atom. The van der Waals surface area contributed by atoms with Gasteiger partial charge < -0.3 is 20.3 Å². The molecule has 106 valence electrons. The van der Waals surface area contributed by atoms with Crippen molar-refractivity contribution in [2.45, 2.75) is 26.3 Å². The minimum atomic E-state index is 0.210. The molecule has 0 radical (unpaired) electrons. The van der Waals surface area contributed by atoms with Crippen molar-refractivity contribution in [1.29, 1.82) is 0 Å². The highest BCUT2D eigenvalue weighted by Gasteiger charge is 2.24. The zero-order valence-electron chi connectivity index (χ0n) is 11.8. The van der Waals surface area contributed by atoms with Crippen LogP contribution in [0.1, 0.15) is 20.3 Å². The second-order valence-corrected chi connectivity index (χ2v) is 4.93. The van der Waals surface area contributed by atoms with E-state index in [4.69, 9.17) is 10.5 Å². The number of piperazine rings is 1. The van der Waals surface area contributed by atoms with E-state index in [0.29, 0.717) is 24.6 Å². The van der Waals surface area contributed by atoms with E-state index in [9.17, 15) is 0 Å². The van der Waals surface area contributed by atoms with E-state index in [2.05, 4.69) is 38.7 Å². The summed E-state index contributed by atoms with van der Waals surface area (Å²) in [6.07, 6.45) is 0.909. The average molecular weight is 266 g/mol. The summed E-state index contributed by atoms with van der Waals surface area (Å²) < 4.78 is 5.44. The third-order valence-corrected chi connectivity index (χ3v) is 3.14. The summed E-state index contributed by atoms with van der Waals surface area (Å²) in [5.74, 6) is 0.821. The van der Waals surface area contributed by atoms with Crippen LogP contribution in [0.25, 0.3) is 0 Å². The Morgan fingerprint density at radius 2 is 2.11 bits per heavy atom. The maximum Gasteiger partial charge on any atom is 0.323 e. The van der Waals surface area contributed by atoms with Gasteiger partial charge in [0.15, 0.2) is 0 Å². The van der Waals surface area contributed by atoms with Gasteiger partial charge in [-0.25, -0.2) is 0 Å². The van der Waals surface area contributed by atoms with Crippen LogP contribution in [0, 0.1) is 0 Å². The van der Waals surface area contributed by atoms with Gasteiger partial charge in [-0.3, -0.25) is 0 Å². The molecule has 1 unspecified atom stereocenters. The number of hydrogen-bond acceptors (Lipinski definition) is 7. The standard InChI is InChI=1S/C12H22N6O/c1-4-7-19-12-15-10(13)14-11(16-12)18-6-5-17(3)8-9(18)2/h9H,4-8H2,1-3H3,(H2,13,14,15,16). The van der Waals surface area contributed by atoms with Crippen molar-refractivity contribution in [1.82, 2.24) is 19.9 Å². The fourth-order valence-corrected chi connectivity index (χ4v) is 2.18. The Hall–Kier alpha value is -1.63. The van der Waals surface area contributed by atoms with Gasteiger partial charge in [0.1, 0.15) is 0 Å². The smallest absolute Gasteiger partial charge is 0.323 e. The van der Waals surface area contributed by atoms with E-state index in [-0.39, 0.29) is 5.95 Å². The quantitative estimate of drug-likeness (QED) is 0.844. The van der Waals surface area contributed by atoms with Crippen LogP contribution in [-0.2, 0) is 0 Å². The lowest BCUT2D eigenvalue weighted by atomic mass is 10.2. The highest BCUT2D eigenvalue weighted by atomic mass is 16.5. The summed E-state index contributed by atoms with van der Waals surface area (Å²) in [4.78, 5) is 17.0. The van der Waals surface area contributed by atoms with Crippen LogP contribution >= 0.6 is 0 Å². The lowest BCUT2D eigenvalue weighted by molar-refractivity contribution is 0.270. The molecule has 1 fully saturated rings. The van der Waals surface area contributed by atoms with Crippen molar-refractivity contribution in [3.63, 3.8) is 0 Å². The molecule has 1 aliphatic heterocycles. The normalized spacial score (nSPS) is 20.6. The third-order valence-electron chi connectivity index (χ3n) is 3.14. The first-order chi connectivity index (χ1) is 9.10. The summed E-state index contributed by atoms with van der Waals surface area (Å²) in [6.45, 7) is 7.63. The molecule has 0 saturated carbocycles. The largest absolute Gasteiger partial charge is 0.463 e. The number of likely N-dealkylation sites (N-methyl/N-ethyl adjacent to an activating group) is 1. The van der Waals surface area contributed by atoms with Gasteiger partial charge in [0.2, 0.25) is 11.9 Å². The molecule has 2 heterocycles. The van der Waals surface area contributed by atoms with Crippen molar-refractivity contribution in [3.05, 3.63) is 0 Å². The van der Waals surface area contributed by atoms with Crippen LogP contribution in [0.3, 0.4) is 0 Å². The minimum absolute atomic E-state index is 0.210. The molecule has 7 nitrogen and oxygen atoms in total. The van der Waals surface area contributed by atoms with Crippen molar-refractivity contribution in [2.24, 2.45) is 0 Å². The predicted octanol–water partition coefficient (Wildman–Crippen LogP) is 0.383. The molecule has 19 heavy (non-hydrogen) atoms. The number of ether oxygens (including phenoxy) is 1. The zero-order valence-corrected chi connectivity index (χ0v) is 11.8. The number of hydrogen-bond donors (Lipinski definition) is 1. The fourth-order valence-electron chi connectivity index (χ4n) is 2.18. The molecular formula is C12H22N6O. The third kappa shape index (κ3) is 3.44. The number of anilines is 2. The number of nitrogens with two attached hydrogens (primary N) is 1. The summed E-state index contributed by atoms with van der Waals surface area (Å²) in [6, 6.07) is 0.662. The van der Waals surface area contributed by atoms with Gasteiger partial charge >= 0.3 is 6.01 Å². The molecule has 2 rings (SSSR count). The summed E-state index contributed by atoms with van der Waals surface area (Å²) in [5.41, 5.74) is 5.73. The van der Waals surface area contributed by atoms with Gasteiger partial charge in [-0.05, 0) is 20.4 Å². The SMILES string of the molecule is CCCOc1nc(N)nc(N2CCN(C)CC2C)n1. The highest BCUT2D eigenvalue weighted by molar-refractivity contribution is 5.37. The average Bonchev–Trinajstić information content (AvgIpc) is 2.35. The molecule has 0 aliphatic carbocycles. The summed E-state index contributed by atoms with van der Waals surface area (Å²) in [7, 11) is 2.12. The van der Waals surface area contributed by atoms with Crippen LogP contribution in [0.2, 0.25) is 0 Å². The van der Waals surface area contributed by atoms with E-state index in [0.717, 1.165) is 26.1 Å². The predicted molar refractivity (Wildman–Crippen MR) is 74.3 cm³/mol. The van der Waals surface area contributed by atoms with Crippen molar-refractivity contribution >= 4 is 11.9 Å². The Labute approximate surface area is 113 Å². The summed E-state index contributed by atoms with van der Waals surface area (Å²) in [5, 5.41) is 0. The van der Waals surface area contributed by atoms with E-state index in [1.807, 2.05) is 6.92 Å². The molecule has 1 aromatic heterocycles. The number of rotatable bonds is 4. The Bertz CT molecular complexity index is 427. The monoisotopic (exact) mass is 266 g/mol. The van der Waals surface area contributed by atoms with Crippen molar-refractivity contribution in [3.8, 4) is 6.01 Å². The van der Waals surface area contributed by atoms with Crippen LogP contribution in [-0.4, -0.2) is 59.2 Å². The Balaban J connectivity index is 2.16. The van der Waals surface area contributed by atoms with E-state index >= 15 is 0 Å². The first-order valence-electron chi connectivity index (χ1n) is 6.69. The molecule has 7 heteroatoms. The molecule has 0 amide bonds. The van der Waals surface area contributed by atoms with Crippen LogP contribution < -0.4 is 15.4 Å². The molecule has 0 spiro atoms. The van der Waals surface area contributed by atoms with Crippen LogP contribution in [0.5, 0.6) is 6.01 Å². The molecule has 0 bridgehead atoms. The van der Waals surface area contributed by atoms with Gasteiger partial charge in [0, 0.05) is 25.7 Å². The lowest BCUT2D eigenvalue weighted by Gasteiger charge is -2.38. The first-order valence-corrected chi connectivity index (χ1v) is 6.69. The van der Waals surface area contributed by atoms with Gasteiger partial charge in [0.05, 0.1) is 6.61 Å². The Kier molecular flexibility index (Phi) is 4.36. The minimum Gasteiger partial charge on any atom is -0.463 e. The van der Waals surface area contributed by atoms with Gasteiger partial charge in [-0.1, -0.05) is 6.92 Å². The topological polar surface area (TPSA) is 80.4 Å². The van der Waals surface area contributed by atoms with Crippen molar-refractivity contribution in [2.75, 3.05) is 43.9 Å².